The number of nitrogens with zero attached hydrogens (tertiary/aromatic N) is 3. The van der Waals surface area contributed by atoms with Gasteiger partial charge < -0.3 is 0 Å². The van der Waals surface area contributed by atoms with Crippen LogP contribution in [0.5, 0.6) is 0 Å². The molecular formula is C18H13Cl2F2N3O3S. The molecule has 29 heavy (non-hydrogen) atoms. The highest BCUT2D eigenvalue weighted by molar-refractivity contribution is 7.89. The van der Waals surface area contributed by atoms with Gasteiger partial charge in [0.1, 0.15) is 5.02 Å². The lowest BCUT2D eigenvalue weighted by Crippen LogP contribution is -2.26. The van der Waals surface area contributed by atoms with Crippen LogP contribution in [0.15, 0.2) is 58.4 Å². The number of hydrogen-bond donors (Lipinski definition) is 0. The second-order valence-electron chi connectivity index (χ2n) is 6.03. The Morgan fingerprint density at radius 3 is 2.34 bits per heavy atom. The molecule has 0 bridgehead atoms. The van der Waals surface area contributed by atoms with E-state index in [9.17, 15) is 22.0 Å². The molecule has 152 valence electrons. The van der Waals surface area contributed by atoms with Gasteiger partial charge in [0.15, 0.2) is 11.6 Å². The molecular weight excluding hydrogens is 447 g/mol. The molecule has 1 heterocycles. The zero-order valence-electron chi connectivity index (χ0n) is 14.8. The summed E-state index contributed by atoms with van der Waals surface area (Å²) in [5.74, 6) is -2.07. The van der Waals surface area contributed by atoms with Crippen molar-refractivity contribution in [3.05, 3.63) is 86.3 Å². The van der Waals surface area contributed by atoms with Gasteiger partial charge in [-0.2, -0.15) is 14.1 Å². The van der Waals surface area contributed by atoms with Crippen molar-refractivity contribution < 1.29 is 17.2 Å². The fourth-order valence-corrected chi connectivity index (χ4v) is 3.93. The van der Waals surface area contributed by atoms with Crippen LogP contribution in [0.1, 0.15) is 5.56 Å². The van der Waals surface area contributed by atoms with Crippen molar-refractivity contribution in [3.63, 3.8) is 0 Å². The summed E-state index contributed by atoms with van der Waals surface area (Å²) in [6, 6.07) is 8.53. The highest BCUT2D eigenvalue weighted by atomic mass is 35.5. The largest absolute Gasteiger partial charge is 0.291 e. The van der Waals surface area contributed by atoms with Gasteiger partial charge >= 0.3 is 0 Å². The Balaban J connectivity index is 1.87. The molecule has 0 N–H and O–H groups in total. The van der Waals surface area contributed by atoms with Crippen LogP contribution in [0.2, 0.25) is 10.0 Å². The van der Waals surface area contributed by atoms with E-state index in [0.717, 1.165) is 21.1 Å². The summed E-state index contributed by atoms with van der Waals surface area (Å²) in [5, 5.41) is 3.67. The standard InChI is InChI=1S/C18H13Cl2F2N3O3S/c1-24(10-11-2-7-15(21)16(22)8-11)29(27,28)13-5-3-12(4-6-13)25-18(26)17(20)14(19)9-23-25/h2-9H,10H2,1H3. The summed E-state index contributed by atoms with van der Waals surface area (Å²) < 4.78 is 53.8. The Kier molecular flexibility index (Phi) is 6.04. The summed E-state index contributed by atoms with van der Waals surface area (Å²) in [6.07, 6.45) is 1.20. The van der Waals surface area contributed by atoms with Crippen LogP contribution in [-0.2, 0) is 16.6 Å². The van der Waals surface area contributed by atoms with Crippen molar-refractivity contribution in [2.24, 2.45) is 0 Å². The van der Waals surface area contributed by atoms with Crippen molar-refractivity contribution in [2.75, 3.05) is 7.05 Å². The summed E-state index contributed by atoms with van der Waals surface area (Å²) in [6.45, 7) is -0.158. The van der Waals surface area contributed by atoms with E-state index < -0.39 is 27.2 Å². The Bertz CT molecular complexity index is 1230. The number of halogens is 4. The lowest BCUT2D eigenvalue weighted by Gasteiger charge is -2.17. The summed E-state index contributed by atoms with van der Waals surface area (Å²) in [4.78, 5) is 12.1. The normalized spacial score (nSPS) is 11.8. The molecule has 1 aromatic heterocycles. The Hall–Kier alpha value is -2.33. The molecule has 0 aliphatic heterocycles. The molecule has 0 atom stereocenters. The SMILES string of the molecule is CN(Cc1ccc(F)c(F)c1)S(=O)(=O)c1ccc(-n2ncc(Cl)c(Cl)c2=O)cc1. The lowest BCUT2D eigenvalue weighted by atomic mass is 10.2. The van der Waals surface area contributed by atoms with E-state index in [-0.39, 0.29) is 32.7 Å². The van der Waals surface area contributed by atoms with Gasteiger partial charge in [0, 0.05) is 13.6 Å². The second kappa shape index (κ2) is 8.19. The molecule has 0 unspecified atom stereocenters. The first-order valence-electron chi connectivity index (χ1n) is 8.05. The summed E-state index contributed by atoms with van der Waals surface area (Å²) >= 11 is 11.6. The first-order chi connectivity index (χ1) is 13.6. The molecule has 0 aliphatic rings. The molecule has 3 rings (SSSR count). The van der Waals surface area contributed by atoms with Gasteiger partial charge in [-0.3, -0.25) is 4.79 Å². The van der Waals surface area contributed by atoms with E-state index in [0.29, 0.717) is 0 Å². The van der Waals surface area contributed by atoms with Gasteiger partial charge in [0.05, 0.1) is 21.8 Å². The second-order valence-corrected chi connectivity index (χ2v) is 8.86. The Labute approximate surface area is 175 Å². The zero-order valence-corrected chi connectivity index (χ0v) is 17.1. The Morgan fingerprint density at radius 1 is 1.07 bits per heavy atom. The third-order valence-electron chi connectivity index (χ3n) is 4.06. The smallest absolute Gasteiger partial charge is 0.266 e. The van der Waals surface area contributed by atoms with Gasteiger partial charge in [0.25, 0.3) is 5.56 Å². The van der Waals surface area contributed by atoms with Crippen LogP contribution in [0.3, 0.4) is 0 Å². The van der Waals surface area contributed by atoms with Crippen molar-refractivity contribution in [3.8, 4) is 5.69 Å². The minimum absolute atomic E-state index is 0.00553. The van der Waals surface area contributed by atoms with Crippen LogP contribution < -0.4 is 5.56 Å². The third kappa shape index (κ3) is 4.32. The minimum Gasteiger partial charge on any atom is -0.266 e. The third-order valence-corrected chi connectivity index (χ3v) is 6.62. The van der Waals surface area contributed by atoms with E-state index in [2.05, 4.69) is 5.10 Å². The molecule has 0 saturated carbocycles. The first kappa shape index (κ1) is 21.4. The maximum Gasteiger partial charge on any atom is 0.291 e. The molecule has 0 fully saturated rings. The van der Waals surface area contributed by atoms with Gasteiger partial charge in [-0.15, -0.1) is 0 Å². The highest BCUT2D eigenvalue weighted by Crippen LogP contribution is 2.20. The maximum atomic E-state index is 13.3. The van der Waals surface area contributed by atoms with Gasteiger partial charge in [-0.05, 0) is 42.0 Å². The zero-order chi connectivity index (χ0) is 21.3. The lowest BCUT2D eigenvalue weighted by molar-refractivity contribution is 0.462. The van der Waals surface area contributed by atoms with Crippen LogP contribution in [0.4, 0.5) is 8.78 Å². The molecule has 0 amide bonds. The van der Waals surface area contributed by atoms with Crippen LogP contribution >= 0.6 is 23.2 Å². The van der Waals surface area contributed by atoms with Gasteiger partial charge in [-0.1, -0.05) is 29.3 Å². The molecule has 6 nitrogen and oxygen atoms in total. The molecule has 11 heteroatoms. The topological polar surface area (TPSA) is 72.3 Å². The number of hydrogen-bond acceptors (Lipinski definition) is 4. The number of sulfonamides is 1. The fraction of sp³-hybridized carbons (Fsp3) is 0.111. The summed E-state index contributed by atoms with van der Waals surface area (Å²) in [7, 11) is -2.61. The van der Waals surface area contributed by atoms with E-state index in [4.69, 9.17) is 23.2 Å². The molecule has 0 aliphatic carbocycles. The number of benzene rings is 2. The molecule has 3 aromatic rings. The maximum absolute atomic E-state index is 13.3. The van der Waals surface area contributed by atoms with Crippen molar-refractivity contribution in [2.45, 2.75) is 11.4 Å². The average molecular weight is 460 g/mol. The van der Waals surface area contributed by atoms with Crippen LogP contribution in [0.25, 0.3) is 5.69 Å². The monoisotopic (exact) mass is 459 g/mol. The minimum atomic E-state index is -3.92. The molecule has 2 aromatic carbocycles. The Morgan fingerprint density at radius 2 is 1.72 bits per heavy atom. The fourth-order valence-electron chi connectivity index (χ4n) is 2.52. The van der Waals surface area contributed by atoms with Crippen molar-refractivity contribution in [1.82, 2.24) is 14.1 Å². The number of rotatable bonds is 5. The molecule has 0 spiro atoms. The summed E-state index contributed by atoms with van der Waals surface area (Å²) in [5.41, 5.74) is -0.0702. The molecule has 0 saturated heterocycles. The van der Waals surface area contributed by atoms with E-state index in [1.54, 1.807) is 0 Å². The van der Waals surface area contributed by atoms with E-state index in [1.165, 1.54) is 43.6 Å². The quantitative estimate of drug-likeness (QED) is 0.583. The van der Waals surface area contributed by atoms with Crippen LogP contribution in [0, 0.1) is 11.6 Å². The van der Waals surface area contributed by atoms with Crippen LogP contribution in [-0.4, -0.2) is 29.6 Å². The predicted molar refractivity (Wildman–Crippen MR) is 105 cm³/mol. The average Bonchev–Trinajstić information content (AvgIpc) is 2.69. The van der Waals surface area contributed by atoms with Gasteiger partial charge in [-0.25, -0.2) is 17.2 Å². The van der Waals surface area contributed by atoms with Gasteiger partial charge in [0.2, 0.25) is 10.0 Å². The van der Waals surface area contributed by atoms with Crippen molar-refractivity contribution in [1.29, 1.82) is 0 Å². The highest BCUT2D eigenvalue weighted by Gasteiger charge is 2.21. The number of aromatic nitrogens is 2. The predicted octanol–water partition coefficient (Wildman–Crippen LogP) is 3.64. The first-order valence-corrected chi connectivity index (χ1v) is 10.2. The van der Waals surface area contributed by atoms with Crippen molar-refractivity contribution >= 4 is 33.2 Å². The van der Waals surface area contributed by atoms with E-state index in [1.807, 2.05) is 0 Å². The molecule has 0 radical (unpaired) electrons. The van der Waals surface area contributed by atoms with E-state index >= 15 is 0 Å².